The summed E-state index contributed by atoms with van der Waals surface area (Å²) in [4.78, 5) is 34.8. The Labute approximate surface area is 109 Å². The maximum Gasteiger partial charge on any atom is 0.328 e. The van der Waals surface area contributed by atoms with Crippen LogP contribution in [0.1, 0.15) is 11.1 Å². The number of carboxylic acids is 1. The predicted molar refractivity (Wildman–Crippen MR) is 66.0 cm³/mol. The van der Waals surface area contributed by atoms with Crippen molar-refractivity contribution >= 4 is 17.9 Å². The fourth-order valence-corrected chi connectivity index (χ4v) is 1.85. The number of benzene rings is 1. The number of hydrogen-bond donors (Lipinski definition) is 2. The second-order valence-electron chi connectivity index (χ2n) is 4.09. The van der Waals surface area contributed by atoms with Gasteiger partial charge in [-0.1, -0.05) is 24.3 Å². The number of carbonyl (C=O) groups is 3. The van der Waals surface area contributed by atoms with Crippen LogP contribution in [0.2, 0.25) is 0 Å². The molecule has 2 rings (SSSR count). The second-order valence-corrected chi connectivity index (χ2v) is 4.09. The molecule has 0 aromatic heterocycles. The van der Waals surface area contributed by atoms with Gasteiger partial charge in [-0.2, -0.15) is 0 Å². The third kappa shape index (κ3) is 3.19. The molecule has 1 aromatic carbocycles. The molecular weight excluding hydrogens is 248 g/mol. The number of nitrogens with zero attached hydrogens (tertiary/aromatic N) is 1. The van der Waals surface area contributed by atoms with Crippen LogP contribution < -0.4 is 5.32 Å². The number of nitrogens with one attached hydrogen (secondary N) is 1. The van der Waals surface area contributed by atoms with Gasteiger partial charge in [0.05, 0.1) is 0 Å². The Morgan fingerprint density at radius 2 is 1.68 bits per heavy atom. The Hall–Kier alpha value is -2.63. The SMILES string of the molecule is O=C(O)C=CC(=O)NC(=O)N1Cc2ccccc2C1. The molecular formula is C13H12N2O4. The third-order valence-corrected chi connectivity index (χ3v) is 2.74. The molecule has 0 unspecified atom stereocenters. The molecule has 0 bridgehead atoms. The molecule has 0 radical (unpaired) electrons. The number of amides is 3. The van der Waals surface area contributed by atoms with E-state index in [1.807, 2.05) is 24.3 Å². The van der Waals surface area contributed by atoms with Gasteiger partial charge in [-0.3, -0.25) is 10.1 Å². The lowest BCUT2D eigenvalue weighted by molar-refractivity contribution is -0.131. The van der Waals surface area contributed by atoms with E-state index in [9.17, 15) is 14.4 Å². The molecule has 98 valence electrons. The van der Waals surface area contributed by atoms with E-state index in [1.54, 1.807) is 0 Å². The molecule has 1 aliphatic heterocycles. The summed E-state index contributed by atoms with van der Waals surface area (Å²) in [6, 6.07) is 7.10. The van der Waals surface area contributed by atoms with E-state index in [0.29, 0.717) is 19.2 Å². The van der Waals surface area contributed by atoms with Gasteiger partial charge in [-0.05, 0) is 11.1 Å². The Kier molecular flexibility index (Phi) is 3.61. The minimum Gasteiger partial charge on any atom is -0.478 e. The minimum absolute atomic E-state index is 0.442. The number of hydrogen-bond acceptors (Lipinski definition) is 3. The zero-order chi connectivity index (χ0) is 13.8. The molecule has 19 heavy (non-hydrogen) atoms. The largest absolute Gasteiger partial charge is 0.478 e. The second kappa shape index (κ2) is 5.34. The normalized spacial score (nSPS) is 13.4. The molecule has 6 nitrogen and oxygen atoms in total. The van der Waals surface area contributed by atoms with E-state index in [0.717, 1.165) is 17.2 Å². The van der Waals surface area contributed by atoms with Gasteiger partial charge in [0.1, 0.15) is 0 Å². The quantitative estimate of drug-likeness (QED) is 0.773. The number of rotatable bonds is 2. The van der Waals surface area contributed by atoms with E-state index in [4.69, 9.17) is 5.11 Å². The highest BCUT2D eigenvalue weighted by molar-refractivity contribution is 6.02. The van der Waals surface area contributed by atoms with Crippen LogP contribution in [-0.2, 0) is 22.7 Å². The summed E-state index contributed by atoms with van der Waals surface area (Å²) in [5.74, 6) is -1.99. The fraction of sp³-hybridized carbons (Fsp3) is 0.154. The molecule has 6 heteroatoms. The van der Waals surface area contributed by atoms with E-state index < -0.39 is 17.9 Å². The highest BCUT2D eigenvalue weighted by atomic mass is 16.4. The molecule has 0 saturated heterocycles. The van der Waals surface area contributed by atoms with Gasteiger partial charge in [-0.15, -0.1) is 0 Å². The molecule has 0 atom stereocenters. The van der Waals surface area contributed by atoms with Crippen LogP contribution in [0.3, 0.4) is 0 Å². The lowest BCUT2D eigenvalue weighted by Crippen LogP contribution is -2.39. The number of urea groups is 1. The summed E-state index contributed by atoms with van der Waals surface area (Å²) in [5, 5.41) is 10.5. The number of aliphatic carboxylic acids is 1. The van der Waals surface area contributed by atoms with Crippen LogP contribution >= 0.6 is 0 Å². The lowest BCUT2D eigenvalue weighted by atomic mass is 10.1. The van der Waals surface area contributed by atoms with Crippen molar-refractivity contribution in [2.24, 2.45) is 0 Å². The molecule has 0 spiro atoms. The monoisotopic (exact) mass is 260 g/mol. The van der Waals surface area contributed by atoms with Crippen molar-refractivity contribution in [3.63, 3.8) is 0 Å². The van der Waals surface area contributed by atoms with Gasteiger partial charge in [0, 0.05) is 25.2 Å². The summed E-state index contributed by atoms with van der Waals surface area (Å²) in [6.07, 6.45) is 1.49. The first-order chi connectivity index (χ1) is 9.06. The topological polar surface area (TPSA) is 86.7 Å². The number of carboxylic acid groups (broad SMARTS) is 1. The highest BCUT2D eigenvalue weighted by Gasteiger charge is 2.23. The smallest absolute Gasteiger partial charge is 0.328 e. The van der Waals surface area contributed by atoms with E-state index in [1.165, 1.54) is 4.90 Å². The molecule has 2 N–H and O–H groups in total. The number of imide groups is 1. The van der Waals surface area contributed by atoms with Gasteiger partial charge in [0.2, 0.25) is 0 Å². The molecule has 1 aliphatic rings. The van der Waals surface area contributed by atoms with Crippen LogP contribution in [0.15, 0.2) is 36.4 Å². The first-order valence-corrected chi connectivity index (χ1v) is 5.64. The van der Waals surface area contributed by atoms with Crippen molar-refractivity contribution in [1.29, 1.82) is 0 Å². The van der Waals surface area contributed by atoms with Crippen molar-refractivity contribution in [3.05, 3.63) is 47.5 Å². The van der Waals surface area contributed by atoms with Gasteiger partial charge in [0.25, 0.3) is 5.91 Å². The van der Waals surface area contributed by atoms with Crippen LogP contribution in [-0.4, -0.2) is 27.9 Å². The Morgan fingerprint density at radius 1 is 1.11 bits per heavy atom. The summed E-state index contributed by atoms with van der Waals surface area (Å²) < 4.78 is 0. The first-order valence-electron chi connectivity index (χ1n) is 5.64. The summed E-state index contributed by atoms with van der Waals surface area (Å²) in [7, 11) is 0. The highest BCUT2D eigenvalue weighted by Crippen LogP contribution is 2.21. The standard InChI is InChI=1S/C13H12N2O4/c16-11(5-6-12(17)18)14-13(19)15-7-9-3-1-2-4-10(9)8-15/h1-6H,7-8H2,(H,17,18)(H,14,16,19). The maximum absolute atomic E-state index is 11.8. The Bertz CT molecular complexity index is 541. The summed E-state index contributed by atoms with van der Waals surface area (Å²) >= 11 is 0. The van der Waals surface area contributed by atoms with Crippen molar-refractivity contribution in [2.45, 2.75) is 13.1 Å². The Morgan fingerprint density at radius 3 is 2.21 bits per heavy atom. The summed E-state index contributed by atoms with van der Waals surface area (Å²) in [6.45, 7) is 0.885. The van der Waals surface area contributed by atoms with Crippen molar-refractivity contribution in [2.75, 3.05) is 0 Å². The van der Waals surface area contributed by atoms with Crippen molar-refractivity contribution in [3.8, 4) is 0 Å². The van der Waals surface area contributed by atoms with E-state index in [-0.39, 0.29) is 0 Å². The average Bonchev–Trinajstić information content (AvgIpc) is 2.80. The molecule has 1 aromatic rings. The fourth-order valence-electron chi connectivity index (χ4n) is 1.85. The van der Waals surface area contributed by atoms with Gasteiger partial charge in [-0.25, -0.2) is 9.59 Å². The minimum atomic E-state index is -1.24. The average molecular weight is 260 g/mol. The predicted octanol–water partition coefficient (Wildman–Crippen LogP) is 0.879. The number of carbonyl (C=O) groups excluding carboxylic acids is 2. The van der Waals surface area contributed by atoms with Crippen LogP contribution in [0.4, 0.5) is 4.79 Å². The summed E-state index contributed by atoms with van der Waals surface area (Å²) in [5.41, 5.74) is 2.09. The van der Waals surface area contributed by atoms with Crippen molar-refractivity contribution in [1.82, 2.24) is 10.2 Å². The maximum atomic E-state index is 11.8. The van der Waals surface area contributed by atoms with Crippen LogP contribution in [0.25, 0.3) is 0 Å². The Balaban J connectivity index is 1.93. The number of fused-ring (bicyclic) bond motifs is 1. The van der Waals surface area contributed by atoms with Crippen molar-refractivity contribution < 1.29 is 19.5 Å². The zero-order valence-corrected chi connectivity index (χ0v) is 10.00. The van der Waals surface area contributed by atoms with Gasteiger partial charge in [0.15, 0.2) is 0 Å². The third-order valence-electron chi connectivity index (χ3n) is 2.74. The van der Waals surface area contributed by atoms with E-state index >= 15 is 0 Å². The molecule has 0 fully saturated rings. The zero-order valence-electron chi connectivity index (χ0n) is 10.00. The molecule has 1 heterocycles. The molecule has 3 amide bonds. The molecule has 0 saturated carbocycles. The van der Waals surface area contributed by atoms with E-state index in [2.05, 4.69) is 5.32 Å². The van der Waals surface area contributed by atoms with Gasteiger partial charge < -0.3 is 10.0 Å². The molecule has 0 aliphatic carbocycles. The van der Waals surface area contributed by atoms with Crippen LogP contribution in [0, 0.1) is 0 Å². The first kappa shape index (κ1) is 12.8. The van der Waals surface area contributed by atoms with Crippen LogP contribution in [0.5, 0.6) is 0 Å². The lowest BCUT2D eigenvalue weighted by Gasteiger charge is -2.14. The van der Waals surface area contributed by atoms with Gasteiger partial charge >= 0.3 is 12.0 Å².